The molecule has 0 saturated carbocycles. The molecule has 4 heteroatoms. The van der Waals surface area contributed by atoms with Crippen LogP contribution < -0.4 is 5.32 Å². The first-order valence-electron chi connectivity index (χ1n) is 5.14. The van der Waals surface area contributed by atoms with Crippen molar-refractivity contribution in [1.29, 1.82) is 0 Å². The zero-order chi connectivity index (χ0) is 12.3. The molecule has 0 bridgehead atoms. The minimum absolute atomic E-state index is 0.216. The number of carbonyl (C=O) groups is 1. The van der Waals surface area contributed by atoms with Gasteiger partial charge in [0.25, 0.3) is 0 Å². The topological polar surface area (TPSA) is 69.6 Å². The van der Waals surface area contributed by atoms with E-state index in [2.05, 4.69) is 5.32 Å². The number of carboxylic acids is 1. The van der Waals surface area contributed by atoms with E-state index in [4.69, 9.17) is 5.11 Å². The Hall–Kier alpha value is -1.39. The zero-order valence-electron chi connectivity index (χ0n) is 9.74. The molecule has 0 aliphatic carbocycles. The summed E-state index contributed by atoms with van der Waals surface area (Å²) < 4.78 is 0. The van der Waals surface area contributed by atoms with Crippen molar-refractivity contribution in [1.82, 2.24) is 5.32 Å². The second-order valence-electron chi connectivity index (χ2n) is 3.89. The molecule has 0 fully saturated rings. The minimum atomic E-state index is -0.971. The summed E-state index contributed by atoms with van der Waals surface area (Å²) in [5.41, 5.74) is 2.71. The molecule has 0 amide bonds. The highest BCUT2D eigenvalue weighted by atomic mass is 16.4. The minimum Gasteiger partial charge on any atom is -0.478 e. The van der Waals surface area contributed by atoms with Gasteiger partial charge in [0.15, 0.2) is 0 Å². The van der Waals surface area contributed by atoms with Gasteiger partial charge in [0.05, 0.1) is 11.7 Å². The molecule has 4 nitrogen and oxygen atoms in total. The molecule has 0 aliphatic rings. The van der Waals surface area contributed by atoms with Crippen LogP contribution in [0.5, 0.6) is 0 Å². The Morgan fingerprint density at radius 1 is 1.44 bits per heavy atom. The van der Waals surface area contributed by atoms with Gasteiger partial charge in [0.2, 0.25) is 0 Å². The number of carboxylic acid groups (broad SMARTS) is 1. The molecule has 88 valence electrons. The summed E-state index contributed by atoms with van der Waals surface area (Å²) in [6.45, 7) is 4.13. The van der Waals surface area contributed by atoms with Gasteiger partial charge in [-0.1, -0.05) is 0 Å². The van der Waals surface area contributed by atoms with Crippen molar-refractivity contribution in [2.45, 2.75) is 20.0 Å². The summed E-state index contributed by atoms with van der Waals surface area (Å²) in [5.74, 6) is -0.971. The van der Waals surface area contributed by atoms with Gasteiger partial charge < -0.3 is 15.5 Å². The summed E-state index contributed by atoms with van der Waals surface area (Å²) in [4.78, 5) is 10.9. The average molecular weight is 223 g/mol. The smallest absolute Gasteiger partial charge is 0.335 e. The van der Waals surface area contributed by atoms with Crippen LogP contribution in [0.2, 0.25) is 0 Å². The van der Waals surface area contributed by atoms with Crippen molar-refractivity contribution < 1.29 is 15.0 Å². The Bertz CT molecular complexity index is 401. The molecule has 0 radical (unpaired) electrons. The van der Waals surface area contributed by atoms with E-state index in [0.717, 1.165) is 11.1 Å². The number of benzene rings is 1. The van der Waals surface area contributed by atoms with Gasteiger partial charge in [0.1, 0.15) is 0 Å². The number of aliphatic hydroxyl groups is 1. The SMILES string of the molecule is CNCC(O)c1cc(C(=O)O)cc(C)c1C. The third-order valence-corrected chi connectivity index (χ3v) is 2.71. The van der Waals surface area contributed by atoms with Crippen LogP contribution in [0.25, 0.3) is 0 Å². The van der Waals surface area contributed by atoms with Crippen molar-refractivity contribution in [3.05, 3.63) is 34.4 Å². The van der Waals surface area contributed by atoms with Crippen LogP contribution in [0.15, 0.2) is 12.1 Å². The summed E-state index contributed by atoms with van der Waals surface area (Å²) in [7, 11) is 1.74. The van der Waals surface area contributed by atoms with Crippen molar-refractivity contribution in [2.24, 2.45) is 0 Å². The fourth-order valence-electron chi connectivity index (χ4n) is 1.66. The normalized spacial score (nSPS) is 12.5. The largest absolute Gasteiger partial charge is 0.478 e. The van der Waals surface area contributed by atoms with Crippen LogP contribution >= 0.6 is 0 Å². The predicted octanol–water partition coefficient (Wildman–Crippen LogP) is 1.25. The van der Waals surface area contributed by atoms with Gasteiger partial charge in [-0.3, -0.25) is 0 Å². The van der Waals surface area contributed by atoms with E-state index < -0.39 is 12.1 Å². The van der Waals surface area contributed by atoms with E-state index in [9.17, 15) is 9.90 Å². The molecule has 1 aromatic carbocycles. The first-order valence-corrected chi connectivity index (χ1v) is 5.14. The first-order chi connectivity index (χ1) is 7.47. The Labute approximate surface area is 94.9 Å². The summed E-state index contributed by atoms with van der Waals surface area (Å²) >= 11 is 0. The Balaban J connectivity index is 3.21. The maximum atomic E-state index is 10.9. The molecular formula is C12H17NO3. The number of aryl methyl sites for hydroxylation is 1. The monoisotopic (exact) mass is 223 g/mol. The Morgan fingerprint density at radius 3 is 2.56 bits per heavy atom. The first kappa shape index (κ1) is 12.7. The molecule has 1 atom stereocenters. The molecule has 0 aliphatic heterocycles. The molecule has 0 heterocycles. The highest BCUT2D eigenvalue weighted by Crippen LogP contribution is 2.22. The number of aromatic carboxylic acids is 1. The lowest BCUT2D eigenvalue weighted by Gasteiger charge is -2.16. The summed E-state index contributed by atoms with van der Waals surface area (Å²) in [6.07, 6.45) is -0.678. The maximum Gasteiger partial charge on any atom is 0.335 e. The molecule has 1 unspecified atom stereocenters. The number of nitrogens with one attached hydrogen (secondary N) is 1. The lowest BCUT2D eigenvalue weighted by atomic mass is 9.96. The highest BCUT2D eigenvalue weighted by Gasteiger charge is 2.14. The standard InChI is InChI=1S/C12H17NO3/c1-7-4-9(12(15)16)5-10(8(7)2)11(14)6-13-3/h4-5,11,13-14H,6H2,1-3H3,(H,15,16). The average Bonchev–Trinajstić information content (AvgIpc) is 2.21. The summed E-state index contributed by atoms with van der Waals surface area (Å²) in [5, 5.41) is 21.7. The van der Waals surface area contributed by atoms with Crippen LogP contribution in [0, 0.1) is 13.8 Å². The number of rotatable bonds is 4. The zero-order valence-corrected chi connectivity index (χ0v) is 9.74. The van der Waals surface area contributed by atoms with Gasteiger partial charge in [-0.15, -0.1) is 0 Å². The van der Waals surface area contributed by atoms with E-state index >= 15 is 0 Å². The van der Waals surface area contributed by atoms with Crippen molar-refractivity contribution in [3.8, 4) is 0 Å². The fourth-order valence-corrected chi connectivity index (χ4v) is 1.66. The van der Waals surface area contributed by atoms with Crippen molar-refractivity contribution >= 4 is 5.97 Å². The fraction of sp³-hybridized carbons (Fsp3) is 0.417. The molecule has 16 heavy (non-hydrogen) atoms. The third kappa shape index (κ3) is 2.59. The van der Waals surface area contributed by atoms with Gasteiger partial charge in [-0.05, 0) is 49.7 Å². The number of aliphatic hydroxyl groups excluding tert-OH is 1. The van der Waals surface area contributed by atoms with E-state index in [1.807, 2.05) is 13.8 Å². The highest BCUT2D eigenvalue weighted by molar-refractivity contribution is 5.88. The van der Waals surface area contributed by atoms with Crippen molar-refractivity contribution in [3.63, 3.8) is 0 Å². The lowest BCUT2D eigenvalue weighted by molar-refractivity contribution is 0.0696. The second kappa shape index (κ2) is 5.09. The quantitative estimate of drug-likeness (QED) is 0.718. The van der Waals surface area contributed by atoms with E-state index in [0.29, 0.717) is 12.1 Å². The number of hydrogen-bond acceptors (Lipinski definition) is 3. The maximum absolute atomic E-state index is 10.9. The molecule has 0 aromatic heterocycles. The van der Waals surface area contributed by atoms with Gasteiger partial charge in [0, 0.05) is 6.54 Å². The van der Waals surface area contributed by atoms with Crippen LogP contribution in [-0.4, -0.2) is 29.8 Å². The van der Waals surface area contributed by atoms with Gasteiger partial charge >= 0.3 is 5.97 Å². The molecule has 1 rings (SSSR count). The second-order valence-corrected chi connectivity index (χ2v) is 3.89. The van der Waals surface area contributed by atoms with Crippen LogP contribution in [-0.2, 0) is 0 Å². The molecule has 0 spiro atoms. The summed E-state index contributed by atoms with van der Waals surface area (Å²) in [6, 6.07) is 3.15. The molecule has 1 aromatic rings. The molecule has 3 N–H and O–H groups in total. The van der Waals surface area contributed by atoms with Crippen LogP contribution in [0.4, 0.5) is 0 Å². The molecule has 0 saturated heterocycles. The van der Waals surface area contributed by atoms with Crippen LogP contribution in [0.1, 0.15) is 33.2 Å². The van der Waals surface area contributed by atoms with E-state index in [1.54, 1.807) is 13.1 Å². The van der Waals surface area contributed by atoms with Gasteiger partial charge in [-0.2, -0.15) is 0 Å². The van der Waals surface area contributed by atoms with Crippen molar-refractivity contribution in [2.75, 3.05) is 13.6 Å². The van der Waals surface area contributed by atoms with Crippen LogP contribution in [0.3, 0.4) is 0 Å². The van der Waals surface area contributed by atoms with Gasteiger partial charge in [-0.25, -0.2) is 4.79 Å². The number of likely N-dealkylation sites (N-methyl/N-ethyl adjacent to an activating group) is 1. The molecular weight excluding hydrogens is 206 g/mol. The van der Waals surface area contributed by atoms with E-state index in [1.165, 1.54) is 6.07 Å². The Kier molecular flexibility index (Phi) is 4.04. The number of hydrogen-bond donors (Lipinski definition) is 3. The third-order valence-electron chi connectivity index (χ3n) is 2.71. The Morgan fingerprint density at radius 2 is 2.06 bits per heavy atom. The lowest BCUT2D eigenvalue weighted by Crippen LogP contribution is -2.18. The van der Waals surface area contributed by atoms with E-state index in [-0.39, 0.29) is 5.56 Å². The predicted molar refractivity (Wildman–Crippen MR) is 61.8 cm³/mol.